The van der Waals surface area contributed by atoms with Crippen molar-refractivity contribution in [3.05, 3.63) is 48.4 Å². The van der Waals surface area contributed by atoms with E-state index in [1.165, 1.54) is 6.07 Å². The van der Waals surface area contributed by atoms with Crippen LogP contribution in [0.3, 0.4) is 0 Å². The smallest absolute Gasteiger partial charge is 0.133 e. The maximum atomic E-state index is 13.5. The lowest BCUT2D eigenvalue weighted by atomic mass is 10.1. The molecule has 0 aliphatic carbocycles. The average molecular weight is 205 g/mol. The van der Waals surface area contributed by atoms with Gasteiger partial charge in [0.1, 0.15) is 5.82 Å². The van der Waals surface area contributed by atoms with Gasteiger partial charge in [-0.2, -0.15) is 0 Å². The van der Waals surface area contributed by atoms with E-state index in [1.54, 1.807) is 18.3 Å². The second kappa shape index (κ2) is 3.85. The number of pyridine rings is 1. The van der Waals surface area contributed by atoms with Gasteiger partial charge in [-0.3, -0.25) is 4.98 Å². The fraction of sp³-hybridized carbons (Fsp3) is 0. The molecular weight excluding hydrogens is 196 g/mol. The standard InChI is InChI=1S/C11H9FNP/c12-10-7-8(14)4-5-9(10)11-3-1-2-6-13-11/h1-7H,14H2. The first-order valence-electron chi connectivity index (χ1n) is 4.24. The molecule has 0 bridgehead atoms. The first-order chi connectivity index (χ1) is 6.77. The summed E-state index contributed by atoms with van der Waals surface area (Å²) in [6.45, 7) is 0. The average Bonchev–Trinajstić information content (AvgIpc) is 2.19. The Kier molecular flexibility index (Phi) is 2.55. The summed E-state index contributed by atoms with van der Waals surface area (Å²) in [7, 11) is 2.46. The molecule has 2 rings (SSSR count). The van der Waals surface area contributed by atoms with E-state index in [9.17, 15) is 4.39 Å². The molecule has 0 radical (unpaired) electrons. The third-order valence-electron chi connectivity index (χ3n) is 1.93. The zero-order valence-corrected chi connectivity index (χ0v) is 8.60. The Bertz CT molecular complexity index is 442. The van der Waals surface area contributed by atoms with Crippen LogP contribution >= 0.6 is 9.24 Å². The summed E-state index contributed by atoms with van der Waals surface area (Å²) in [5.41, 5.74) is 1.20. The summed E-state index contributed by atoms with van der Waals surface area (Å²) in [5.74, 6) is -0.240. The van der Waals surface area contributed by atoms with Gasteiger partial charge in [-0.1, -0.05) is 12.1 Å². The van der Waals surface area contributed by atoms with Gasteiger partial charge in [0.05, 0.1) is 5.69 Å². The van der Waals surface area contributed by atoms with Gasteiger partial charge in [-0.25, -0.2) is 4.39 Å². The minimum absolute atomic E-state index is 0.240. The zero-order valence-electron chi connectivity index (χ0n) is 7.44. The van der Waals surface area contributed by atoms with Crippen LogP contribution in [0.4, 0.5) is 4.39 Å². The van der Waals surface area contributed by atoms with Gasteiger partial charge in [0.2, 0.25) is 0 Å². The second-order valence-electron chi connectivity index (χ2n) is 2.95. The van der Waals surface area contributed by atoms with Crippen LogP contribution in [0.25, 0.3) is 11.3 Å². The van der Waals surface area contributed by atoms with Crippen LogP contribution in [0.2, 0.25) is 0 Å². The Morgan fingerprint density at radius 3 is 2.64 bits per heavy atom. The van der Waals surface area contributed by atoms with E-state index < -0.39 is 0 Å². The van der Waals surface area contributed by atoms with Crippen LogP contribution in [0.15, 0.2) is 42.6 Å². The molecule has 0 aliphatic rings. The Balaban J connectivity index is 2.53. The highest BCUT2D eigenvalue weighted by Crippen LogP contribution is 2.19. The largest absolute Gasteiger partial charge is 0.256 e. The highest BCUT2D eigenvalue weighted by atomic mass is 31.0. The van der Waals surface area contributed by atoms with Gasteiger partial charge < -0.3 is 0 Å². The lowest BCUT2D eigenvalue weighted by Crippen LogP contribution is -1.94. The molecule has 2 aromatic rings. The number of benzene rings is 1. The van der Waals surface area contributed by atoms with Crippen LogP contribution in [0, 0.1) is 5.82 Å². The van der Waals surface area contributed by atoms with Crippen LogP contribution in [-0.2, 0) is 0 Å². The lowest BCUT2D eigenvalue weighted by molar-refractivity contribution is 0.632. The monoisotopic (exact) mass is 205 g/mol. The van der Waals surface area contributed by atoms with Crippen LogP contribution < -0.4 is 5.30 Å². The number of nitrogens with zero attached hydrogens (tertiary/aromatic N) is 1. The molecule has 70 valence electrons. The molecule has 1 aromatic carbocycles. The van der Waals surface area contributed by atoms with E-state index in [-0.39, 0.29) is 5.82 Å². The van der Waals surface area contributed by atoms with Crippen molar-refractivity contribution in [2.75, 3.05) is 0 Å². The SMILES string of the molecule is Fc1cc(P)ccc1-c1ccccn1. The maximum Gasteiger partial charge on any atom is 0.133 e. The van der Waals surface area contributed by atoms with Gasteiger partial charge in [0, 0.05) is 11.8 Å². The molecule has 3 heteroatoms. The van der Waals surface area contributed by atoms with E-state index in [0.717, 1.165) is 5.30 Å². The fourth-order valence-corrected chi connectivity index (χ4v) is 1.50. The summed E-state index contributed by atoms with van der Waals surface area (Å²) in [4.78, 5) is 4.09. The maximum absolute atomic E-state index is 13.5. The molecule has 0 fully saturated rings. The Morgan fingerprint density at radius 2 is 2.00 bits per heavy atom. The number of rotatable bonds is 1. The number of hydrogen-bond acceptors (Lipinski definition) is 1. The van der Waals surface area contributed by atoms with Gasteiger partial charge in [0.15, 0.2) is 0 Å². The Labute approximate surface area is 84.2 Å². The highest BCUT2D eigenvalue weighted by Gasteiger charge is 2.04. The Hall–Kier alpha value is -1.27. The van der Waals surface area contributed by atoms with Crippen molar-refractivity contribution >= 4 is 14.5 Å². The normalized spacial score (nSPS) is 10.1. The van der Waals surface area contributed by atoms with Gasteiger partial charge >= 0.3 is 0 Å². The van der Waals surface area contributed by atoms with Crippen molar-refractivity contribution in [3.63, 3.8) is 0 Å². The minimum atomic E-state index is -0.240. The molecule has 0 amide bonds. The zero-order chi connectivity index (χ0) is 9.97. The van der Waals surface area contributed by atoms with Crippen LogP contribution in [0.5, 0.6) is 0 Å². The van der Waals surface area contributed by atoms with E-state index >= 15 is 0 Å². The molecular formula is C11H9FNP. The van der Waals surface area contributed by atoms with Gasteiger partial charge in [-0.15, -0.1) is 9.24 Å². The molecule has 0 N–H and O–H groups in total. The van der Waals surface area contributed by atoms with Gasteiger partial charge in [0.25, 0.3) is 0 Å². The van der Waals surface area contributed by atoms with Crippen LogP contribution in [-0.4, -0.2) is 4.98 Å². The summed E-state index contributed by atoms with van der Waals surface area (Å²) in [6, 6.07) is 10.5. The van der Waals surface area contributed by atoms with E-state index in [1.807, 2.05) is 18.2 Å². The van der Waals surface area contributed by atoms with Crippen molar-refractivity contribution in [1.82, 2.24) is 4.98 Å². The number of aromatic nitrogens is 1. The molecule has 1 unspecified atom stereocenters. The number of halogens is 1. The Morgan fingerprint density at radius 1 is 1.14 bits per heavy atom. The quantitative estimate of drug-likeness (QED) is 0.651. The van der Waals surface area contributed by atoms with E-state index in [2.05, 4.69) is 14.2 Å². The van der Waals surface area contributed by atoms with Crippen molar-refractivity contribution in [2.45, 2.75) is 0 Å². The minimum Gasteiger partial charge on any atom is -0.256 e. The summed E-state index contributed by atoms with van der Waals surface area (Å²) < 4.78 is 13.5. The molecule has 0 saturated heterocycles. The molecule has 1 atom stereocenters. The van der Waals surface area contributed by atoms with Crippen molar-refractivity contribution in [3.8, 4) is 11.3 Å². The predicted octanol–water partition coefficient (Wildman–Crippen LogP) is 2.39. The van der Waals surface area contributed by atoms with Crippen molar-refractivity contribution in [1.29, 1.82) is 0 Å². The summed E-state index contributed by atoms with van der Waals surface area (Å²) >= 11 is 0. The summed E-state index contributed by atoms with van der Waals surface area (Å²) in [5, 5.41) is 0.835. The fourth-order valence-electron chi connectivity index (χ4n) is 1.26. The van der Waals surface area contributed by atoms with E-state index in [0.29, 0.717) is 11.3 Å². The number of hydrogen-bond donors (Lipinski definition) is 0. The van der Waals surface area contributed by atoms with Crippen molar-refractivity contribution in [2.24, 2.45) is 0 Å². The lowest BCUT2D eigenvalue weighted by Gasteiger charge is -2.02. The molecule has 1 nitrogen and oxygen atoms in total. The third-order valence-corrected chi connectivity index (χ3v) is 2.29. The second-order valence-corrected chi connectivity index (χ2v) is 3.62. The first kappa shape index (κ1) is 9.29. The molecule has 0 aliphatic heterocycles. The topological polar surface area (TPSA) is 12.9 Å². The molecule has 0 saturated carbocycles. The van der Waals surface area contributed by atoms with Crippen LogP contribution in [0.1, 0.15) is 0 Å². The molecule has 1 heterocycles. The van der Waals surface area contributed by atoms with Gasteiger partial charge in [-0.05, 0) is 29.6 Å². The van der Waals surface area contributed by atoms with E-state index in [4.69, 9.17) is 0 Å². The third kappa shape index (κ3) is 1.80. The summed E-state index contributed by atoms with van der Waals surface area (Å²) in [6.07, 6.45) is 1.66. The molecule has 1 aromatic heterocycles. The van der Waals surface area contributed by atoms with Crippen molar-refractivity contribution < 1.29 is 4.39 Å². The predicted molar refractivity (Wildman–Crippen MR) is 59.0 cm³/mol. The highest BCUT2D eigenvalue weighted by molar-refractivity contribution is 7.27. The molecule has 14 heavy (non-hydrogen) atoms. The molecule has 0 spiro atoms. The first-order valence-corrected chi connectivity index (χ1v) is 4.81.